The molecule has 0 radical (unpaired) electrons. The van der Waals surface area contributed by atoms with Gasteiger partial charge in [-0.05, 0) is 150 Å². The van der Waals surface area contributed by atoms with Crippen molar-refractivity contribution >= 4 is 41.1 Å². The van der Waals surface area contributed by atoms with E-state index < -0.39 is 23.8 Å². The van der Waals surface area contributed by atoms with E-state index in [9.17, 15) is 29.2 Å². The minimum atomic E-state index is -0.954. The van der Waals surface area contributed by atoms with Crippen LogP contribution in [0.25, 0.3) is 0 Å². The molecule has 11 nitrogen and oxygen atoms in total. The standard InChI is InChI=1S/C47H52ClN5O6/c1-28-3-14-37(23-29(2)59-38-15-12-36(26-49)41(48)25-38)52(28)45(56)34-10-8-31(9-11-34)33-19-21-51(22-20-33)27-30-4-6-32(7-5-30)35-13-16-39-40(24-35)47(58)53(46(39)57)42-17-18-43(54)50-44(42)55/h8-13,15-16,24-25,28-30,32-33,37,42H,3-7,14,17-23,27H2,1-2H3,(H,50,54,55). The van der Waals surface area contributed by atoms with Crippen molar-refractivity contribution in [2.24, 2.45) is 5.92 Å². The fourth-order valence-electron chi connectivity index (χ4n) is 10.3. The fraction of sp³-hybridized carbons (Fsp3) is 0.489. The molecule has 0 spiro atoms. The number of carbonyl (C=O) groups is 5. The van der Waals surface area contributed by atoms with Crippen LogP contribution >= 0.6 is 11.6 Å². The number of carbonyl (C=O) groups excluding carboxylic acids is 5. The monoisotopic (exact) mass is 817 g/mol. The molecule has 5 aliphatic rings. The Morgan fingerprint density at radius 3 is 2.24 bits per heavy atom. The van der Waals surface area contributed by atoms with Gasteiger partial charge in [0.2, 0.25) is 11.8 Å². The zero-order valence-electron chi connectivity index (χ0n) is 33.8. The summed E-state index contributed by atoms with van der Waals surface area (Å²) >= 11 is 6.21. The quantitative estimate of drug-likeness (QED) is 0.206. The Morgan fingerprint density at radius 1 is 0.847 bits per heavy atom. The maximum atomic E-state index is 13.9. The summed E-state index contributed by atoms with van der Waals surface area (Å²) < 4.78 is 6.15. The molecule has 12 heteroatoms. The number of ether oxygens (including phenoxy) is 1. The predicted molar refractivity (Wildman–Crippen MR) is 222 cm³/mol. The molecule has 4 fully saturated rings. The predicted octanol–water partition coefficient (Wildman–Crippen LogP) is 7.62. The zero-order valence-corrected chi connectivity index (χ0v) is 34.6. The first-order chi connectivity index (χ1) is 28.5. The Bertz CT molecular complexity index is 2170. The van der Waals surface area contributed by atoms with Gasteiger partial charge in [-0.25, -0.2) is 0 Å². The van der Waals surface area contributed by atoms with Crippen molar-refractivity contribution in [1.29, 1.82) is 5.26 Å². The molecule has 3 aromatic carbocycles. The minimum Gasteiger partial charge on any atom is -0.491 e. The summed E-state index contributed by atoms with van der Waals surface area (Å²) in [4.78, 5) is 70.2. The van der Waals surface area contributed by atoms with Crippen LogP contribution in [0.1, 0.15) is 144 Å². The number of hydrogen-bond acceptors (Lipinski definition) is 8. The van der Waals surface area contributed by atoms with Gasteiger partial charge in [-0.15, -0.1) is 0 Å². The number of piperidine rings is 2. The highest BCUT2D eigenvalue weighted by atomic mass is 35.5. The number of likely N-dealkylation sites (tertiary alicyclic amines) is 2. The molecule has 4 atom stereocenters. The van der Waals surface area contributed by atoms with Gasteiger partial charge in [-0.1, -0.05) is 29.8 Å². The van der Waals surface area contributed by atoms with E-state index in [1.807, 2.05) is 36.1 Å². The Balaban J connectivity index is 0.792. The molecule has 4 aliphatic heterocycles. The van der Waals surface area contributed by atoms with E-state index in [4.69, 9.17) is 16.3 Å². The molecule has 1 N–H and O–H groups in total. The SMILES string of the molecule is CC(CC1CCC(C)N1C(=O)c1ccc(C2CCN(CC3CCC(c4ccc5c(c4)C(=O)N(C4CCC(=O)NC4=O)C5=O)CC3)CC2)cc1)Oc1ccc(C#N)c(Cl)c1. The topological polar surface area (TPSA) is 140 Å². The lowest BCUT2D eigenvalue weighted by Crippen LogP contribution is -2.54. The molecule has 0 aromatic heterocycles. The Morgan fingerprint density at radius 2 is 1.54 bits per heavy atom. The van der Waals surface area contributed by atoms with Gasteiger partial charge in [-0.3, -0.25) is 34.2 Å². The van der Waals surface area contributed by atoms with E-state index in [2.05, 4.69) is 35.3 Å². The van der Waals surface area contributed by atoms with Crippen molar-refractivity contribution < 1.29 is 28.7 Å². The van der Waals surface area contributed by atoms with E-state index in [0.29, 0.717) is 51.6 Å². The number of nitriles is 1. The lowest BCUT2D eigenvalue weighted by Gasteiger charge is -2.37. The number of halogens is 1. The fourth-order valence-corrected chi connectivity index (χ4v) is 10.5. The smallest absolute Gasteiger partial charge is 0.262 e. The summed E-state index contributed by atoms with van der Waals surface area (Å²) in [6, 6.07) is 20.3. The zero-order chi connectivity index (χ0) is 41.4. The summed E-state index contributed by atoms with van der Waals surface area (Å²) in [7, 11) is 0. The number of rotatable bonds is 10. The second-order valence-electron chi connectivity index (χ2n) is 17.4. The lowest BCUT2D eigenvalue weighted by atomic mass is 9.77. The maximum Gasteiger partial charge on any atom is 0.262 e. The van der Waals surface area contributed by atoms with Gasteiger partial charge in [0.25, 0.3) is 17.7 Å². The molecular formula is C47H52ClN5O6. The first kappa shape index (κ1) is 40.7. The molecule has 1 aliphatic carbocycles. The molecule has 0 bridgehead atoms. The van der Waals surface area contributed by atoms with Crippen molar-refractivity contribution in [3.63, 3.8) is 0 Å². The number of benzene rings is 3. The van der Waals surface area contributed by atoms with Gasteiger partial charge in [0, 0.05) is 43.1 Å². The first-order valence-electron chi connectivity index (χ1n) is 21.3. The molecular weight excluding hydrogens is 766 g/mol. The van der Waals surface area contributed by atoms with Gasteiger partial charge in [0.05, 0.1) is 27.8 Å². The molecule has 4 unspecified atom stereocenters. The van der Waals surface area contributed by atoms with Gasteiger partial charge in [0.15, 0.2) is 0 Å². The van der Waals surface area contributed by atoms with Gasteiger partial charge in [0.1, 0.15) is 17.9 Å². The van der Waals surface area contributed by atoms with Crippen LogP contribution in [-0.2, 0) is 9.59 Å². The number of amides is 5. The van der Waals surface area contributed by atoms with Crippen LogP contribution in [0.5, 0.6) is 5.75 Å². The Labute approximate surface area is 351 Å². The van der Waals surface area contributed by atoms with Crippen LogP contribution in [0, 0.1) is 17.2 Å². The van der Waals surface area contributed by atoms with E-state index in [1.54, 1.807) is 24.3 Å². The summed E-state index contributed by atoms with van der Waals surface area (Å²) in [6.45, 7) is 7.33. The highest BCUT2D eigenvalue weighted by Gasteiger charge is 2.45. The van der Waals surface area contributed by atoms with Crippen molar-refractivity contribution in [3.05, 3.63) is 99.1 Å². The van der Waals surface area contributed by atoms with Crippen molar-refractivity contribution in [2.75, 3.05) is 19.6 Å². The van der Waals surface area contributed by atoms with Crippen molar-refractivity contribution in [2.45, 2.75) is 121 Å². The van der Waals surface area contributed by atoms with E-state index in [-0.39, 0.29) is 42.8 Å². The minimum absolute atomic E-state index is 0.0703. The number of hydrogen-bond donors (Lipinski definition) is 1. The van der Waals surface area contributed by atoms with Crippen LogP contribution in [0.4, 0.5) is 0 Å². The molecule has 59 heavy (non-hydrogen) atoms. The lowest BCUT2D eigenvalue weighted by molar-refractivity contribution is -0.136. The maximum absolute atomic E-state index is 13.9. The Kier molecular flexibility index (Phi) is 11.9. The summed E-state index contributed by atoms with van der Waals surface area (Å²) in [5.74, 6) is 0.213. The van der Waals surface area contributed by atoms with Crippen molar-refractivity contribution in [1.82, 2.24) is 20.0 Å². The third-order valence-electron chi connectivity index (χ3n) is 13.5. The second-order valence-corrected chi connectivity index (χ2v) is 17.8. The summed E-state index contributed by atoms with van der Waals surface area (Å²) in [5.41, 5.74) is 4.20. The molecule has 4 heterocycles. The molecule has 8 rings (SSSR count). The largest absolute Gasteiger partial charge is 0.491 e. The molecule has 5 amide bonds. The first-order valence-corrected chi connectivity index (χ1v) is 21.7. The Hall–Kier alpha value is -5.05. The van der Waals surface area contributed by atoms with Crippen molar-refractivity contribution in [3.8, 4) is 11.8 Å². The van der Waals surface area contributed by atoms with Gasteiger partial charge >= 0.3 is 0 Å². The normalized spacial score (nSPS) is 25.8. The van der Waals surface area contributed by atoms with Crippen LogP contribution in [0.3, 0.4) is 0 Å². The third-order valence-corrected chi connectivity index (χ3v) is 13.9. The van der Waals surface area contributed by atoms with E-state index in [1.165, 1.54) is 5.56 Å². The average Bonchev–Trinajstić information content (AvgIpc) is 3.72. The summed E-state index contributed by atoms with van der Waals surface area (Å²) in [5, 5.41) is 11.8. The van der Waals surface area contributed by atoms with Crippen LogP contribution in [0.2, 0.25) is 5.02 Å². The highest BCUT2D eigenvalue weighted by Crippen LogP contribution is 2.39. The van der Waals surface area contributed by atoms with Crippen LogP contribution < -0.4 is 10.1 Å². The number of nitrogens with zero attached hydrogens (tertiary/aromatic N) is 4. The van der Waals surface area contributed by atoms with Crippen LogP contribution in [-0.4, -0.2) is 88.1 Å². The van der Waals surface area contributed by atoms with E-state index >= 15 is 0 Å². The number of fused-ring (bicyclic) bond motifs is 1. The second kappa shape index (κ2) is 17.3. The average molecular weight is 818 g/mol. The molecule has 3 saturated heterocycles. The third kappa shape index (κ3) is 8.53. The van der Waals surface area contributed by atoms with E-state index in [0.717, 1.165) is 87.0 Å². The number of imide groups is 2. The van der Waals surface area contributed by atoms with Gasteiger partial charge in [-0.2, -0.15) is 5.26 Å². The molecule has 308 valence electrons. The highest BCUT2D eigenvalue weighted by molar-refractivity contribution is 6.31. The summed E-state index contributed by atoms with van der Waals surface area (Å²) in [6.07, 6.45) is 9.19. The van der Waals surface area contributed by atoms with Crippen LogP contribution in [0.15, 0.2) is 60.7 Å². The van der Waals surface area contributed by atoms with Gasteiger partial charge < -0.3 is 14.5 Å². The molecule has 3 aromatic rings. The number of nitrogens with one attached hydrogen (secondary N) is 1. The molecule has 1 saturated carbocycles.